The molecule has 0 saturated carbocycles. The zero-order valence-corrected chi connectivity index (χ0v) is 17.5. The molecule has 4 rings (SSSR count). The second-order valence-electron chi connectivity index (χ2n) is 7.54. The van der Waals surface area contributed by atoms with Crippen LogP contribution in [0.15, 0.2) is 30.3 Å². The summed E-state index contributed by atoms with van der Waals surface area (Å²) in [5.74, 6) is 1.45. The lowest BCUT2D eigenvalue weighted by Crippen LogP contribution is -2.36. The molecule has 1 fully saturated rings. The maximum Gasteiger partial charge on any atom is 0.246 e. The van der Waals surface area contributed by atoms with E-state index in [1.54, 1.807) is 13.1 Å². The fourth-order valence-corrected chi connectivity index (χ4v) is 5.69. The summed E-state index contributed by atoms with van der Waals surface area (Å²) in [7, 11) is -1.36. The summed E-state index contributed by atoms with van der Waals surface area (Å²) >= 11 is 0. The van der Waals surface area contributed by atoms with Crippen molar-refractivity contribution in [2.75, 3.05) is 25.3 Å². The van der Waals surface area contributed by atoms with E-state index in [9.17, 15) is 13.2 Å². The first kappa shape index (κ1) is 19.6. The Balaban J connectivity index is 1.54. The van der Waals surface area contributed by atoms with E-state index in [1.165, 1.54) is 11.0 Å². The highest BCUT2D eigenvalue weighted by Crippen LogP contribution is 2.35. The van der Waals surface area contributed by atoms with E-state index in [0.717, 1.165) is 34.1 Å². The molecule has 0 spiro atoms. The molecule has 1 unspecified atom stereocenters. The fraction of sp³-hybridized carbons (Fsp3) is 0.381. The number of carbonyl (C=O) groups excluding carboxylic acids is 1. The van der Waals surface area contributed by atoms with E-state index in [4.69, 9.17) is 9.47 Å². The van der Waals surface area contributed by atoms with Crippen molar-refractivity contribution in [3.8, 4) is 17.2 Å². The molecule has 154 valence electrons. The molecule has 0 radical (unpaired) electrons. The number of fused-ring (bicyclic) bond motifs is 1. The molecule has 8 heteroatoms. The number of benzene rings is 1. The largest absolute Gasteiger partial charge is 0.454 e. The first-order valence-electron chi connectivity index (χ1n) is 9.49. The summed E-state index contributed by atoms with van der Waals surface area (Å²) in [5.41, 5.74) is 3.92. The van der Waals surface area contributed by atoms with Crippen LogP contribution in [-0.2, 0) is 14.6 Å². The Labute approximate surface area is 170 Å². The minimum absolute atomic E-state index is 0.0434. The van der Waals surface area contributed by atoms with Crippen molar-refractivity contribution in [3.05, 3.63) is 47.3 Å². The van der Waals surface area contributed by atoms with Gasteiger partial charge in [0.25, 0.3) is 0 Å². The molecule has 1 aromatic heterocycles. The third-order valence-electron chi connectivity index (χ3n) is 5.59. The van der Waals surface area contributed by atoms with Crippen molar-refractivity contribution in [2.24, 2.45) is 0 Å². The van der Waals surface area contributed by atoms with Crippen molar-refractivity contribution in [1.82, 2.24) is 9.47 Å². The van der Waals surface area contributed by atoms with Gasteiger partial charge in [0, 0.05) is 42.3 Å². The summed E-state index contributed by atoms with van der Waals surface area (Å²) < 4.78 is 36.3. The number of rotatable bonds is 4. The number of ether oxygens (including phenoxy) is 2. The number of aryl methyl sites for hydroxylation is 1. The minimum Gasteiger partial charge on any atom is -0.454 e. The molecule has 1 atom stereocenters. The SMILES string of the molecule is Cc1cc(/C=C/C(=O)N(C)C2CCS(=O)(=O)C2)c(C)n1-c1ccc2c(c1)OCO2. The second-order valence-corrected chi connectivity index (χ2v) is 9.77. The lowest BCUT2D eigenvalue weighted by atomic mass is 10.2. The Morgan fingerprint density at radius 2 is 1.97 bits per heavy atom. The molecule has 3 heterocycles. The van der Waals surface area contributed by atoms with Crippen LogP contribution >= 0.6 is 0 Å². The van der Waals surface area contributed by atoms with Gasteiger partial charge in [0.05, 0.1) is 11.5 Å². The van der Waals surface area contributed by atoms with Crippen LogP contribution in [0.3, 0.4) is 0 Å². The van der Waals surface area contributed by atoms with Gasteiger partial charge in [-0.05, 0) is 50.1 Å². The standard InChI is InChI=1S/C21H24N2O5S/c1-14-10-16(4-7-21(24)22(3)18-8-9-29(25,26)12-18)15(2)23(14)17-5-6-19-20(11-17)28-13-27-19/h4-7,10-11,18H,8-9,12-13H2,1-3H3/b7-4+. The van der Waals surface area contributed by atoms with Crippen LogP contribution in [-0.4, -0.2) is 55.2 Å². The molecular formula is C21H24N2O5S. The first-order valence-corrected chi connectivity index (χ1v) is 11.3. The van der Waals surface area contributed by atoms with Crippen molar-refractivity contribution >= 4 is 21.8 Å². The Morgan fingerprint density at radius 1 is 1.21 bits per heavy atom. The summed E-state index contributed by atoms with van der Waals surface area (Å²) in [5, 5.41) is 0. The maximum atomic E-state index is 12.5. The third kappa shape index (κ3) is 3.76. The van der Waals surface area contributed by atoms with E-state index in [-0.39, 0.29) is 30.2 Å². The van der Waals surface area contributed by atoms with E-state index < -0.39 is 9.84 Å². The third-order valence-corrected chi connectivity index (χ3v) is 7.34. The zero-order valence-electron chi connectivity index (χ0n) is 16.7. The topological polar surface area (TPSA) is 77.8 Å². The Morgan fingerprint density at radius 3 is 2.69 bits per heavy atom. The van der Waals surface area contributed by atoms with Crippen molar-refractivity contribution < 1.29 is 22.7 Å². The van der Waals surface area contributed by atoms with Gasteiger partial charge in [0.2, 0.25) is 12.7 Å². The summed E-state index contributed by atoms with van der Waals surface area (Å²) in [4.78, 5) is 14.0. The number of likely N-dealkylation sites (N-methyl/N-ethyl adjacent to an activating group) is 1. The lowest BCUT2D eigenvalue weighted by molar-refractivity contribution is -0.126. The molecule has 1 saturated heterocycles. The van der Waals surface area contributed by atoms with Gasteiger partial charge in [-0.2, -0.15) is 0 Å². The molecule has 2 aromatic rings. The van der Waals surface area contributed by atoms with Crippen LogP contribution in [0.2, 0.25) is 0 Å². The van der Waals surface area contributed by atoms with Crippen molar-refractivity contribution in [1.29, 1.82) is 0 Å². The predicted octanol–water partition coefficient (Wildman–Crippen LogP) is 2.48. The van der Waals surface area contributed by atoms with Gasteiger partial charge >= 0.3 is 0 Å². The van der Waals surface area contributed by atoms with Crippen molar-refractivity contribution in [2.45, 2.75) is 26.3 Å². The summed E-state index contributed by atoms with van der Waals surface area (Å²) in [6.45, 7) is 4.23. The number of hydrogen-bond acceptors (Lipinski definition) is 5. The van der Waals surface area contributed by atoms with Crippen LogP contribution in [0.1, 0.15) is 23.4 Å². The second kappa shape index (κ2) is 7.26. The fourth-order valence-electron chi connectivity index (χ4n) is 3.92. The van der Waals surface area contributed by atoms with Crippen molar-refractivity contribution in [3.63, 3.8) is 0 Å². The number of aromatic nitrogens is 1. The van der Waals surface area contributed by atoms with Crippen LogP contribution in [0.5, 0.6) is 11.5 Å². The normalized spacial score (nSPS) is 19.8. The zero-order chi connectivity index (χ0) is 20.8. The number of nitrogens with zero attached hydrogens (tertiary/aromatic N) is 2. The Hall–Kier alpha value is -2.74. The number of amides is 1. The van der Waals surface area contributed by atoms with Gasteiger partial charge in [-0.25, -0.2) is 8.42 Å². The van der Waals surface area contributed by atoms with Gasteiger partial charge in [-0.15, -0.1) is 0 Å². The van der Waals surface area contributed by atoms with Gasteiger partial charge < -0.3 is 18.9 Å². The van der Waals surface area contributed by atoms with E-state index in [1.807, 2.05) is 38.1 Å². The maximum absolute atomic E-state index is 12.5. The van der Waals surface area contributed by atoms with Gasteiger partial charge in [-0.1, -0.05) is 0 Å². The molecule has 0 N–H and O–H groups in total. The highest BCUT2D eigenvalue weighted by molar-refractivity contribution is 7.91. The van der Waals surface area contributed by atoms with Crippen LogP contribution < -0.4 is 9.47 Å². The quantitative estimate of drug-likeness (QED) is 0.716. The highest BCUT2D eigenvalue weighted by Gasteiger charge is 2.32. The Kier molecular flexibility index (Phi) is 4.90. The van der Waals surface area contributed by atoms with Crippen LogP contribution in [0.25, 0.3) is 11.8 Å². The molecular weight excluding hydrogens is 392 g/mol. The molecule has 1 aromatic carbocycles. The molecule has 7 nitrogen and oxygen atoms in total. The average molecular weight is 416 g/mol. The monoisotopic (exact) mass is 416 g/mol. The smallest absolute Gasteiger partial charge is 0.246 e. The molecule has 1 amide bonds. The summed E-state index contributed by atoms with van der Waals surface area (Å²) in [6.07, 6.45) is 3.79. The van der Waals surface area contributed by atoms with E-state index in [0.29, 0.717) is 6.42 Å². The molecule has 29 heavy (non-hydrogen) atoms. The molecule has 2 aliphatic heterocycles. The van der Waals surface area contributed by atoms with E-state index >= 15 is 0 Å². The highest BCUT2D eigenvalue weighted by atomic mass is 32.2. The summed E-state index contributed by atoms with van der Waals surface area (Å²) in [6, 6.07) is 7.57. The minimum atomic E-state index is -3.03. The lowest BCUT2D eigenvalue weighted by Gasteiger charge is -2.21. The number of sulfone groups is 1. The van der Waals surface area contributed by atoms with Crippen LogP contribution in [0.4, 0.5) is 0 Å². The Bertz CT molecular complexity index is 1100. The average Bonchev–Trinajstić information content (AvgIpc) is 3.36. The number of hydrogen-bond donors (Lipinski definition) is 0. The molecule has 0 bridgehead atoms. The first-order chi connectivity index (χ1) is 13.7. The molecule has 2 aliphatic rings. The number of carbonyl (C=O) groups is 1. The van der Waals surface area contributed by atoms with E-state index in [2.05, 4.69) is 4.57 Å². The van der Waals surface area contributed by atoms with Gasteiger partial charge in [0.1, 0.15) is 0 Å². The van der Waals surface area contributed by atoms with Gasteiger partial charge in [0.15, 0.2) is 21.3 Å². The van der Waals surface area contributed by atoms with Gasteiger partial charge in [-0.3, -0.25) is 4.79 Å². The predicted molar refractivity (Wildman–Crippen MR) is 110 cm³/mol. The molecule has 0 aliphatic carbocycles. The van der Waals surface area contributed by atoms with Crippen LogP contribution in [0, 0.1) is 13.8 Å².